The predicted octanol–water partition coefficient (Wildman–Crippen LogP) is -8.70. The van der Waals surface area contributed by atoms with Crippen LogP contribution in [0.2, 0.25) is 15.5 Å². The Balaban J connectivity index is 3.48. The van der Waals surface area contributed by atoms with E-state index in [2.05, 4.69) is 65.6 Å². The molecule has 0 radical (unpaired) electrons. The van der Waals surface area contributed by atoms with E-state index in [9.17, 15) is 9.59 Å². The Labute approximate surface area is 123 Å². The molecule has 0 spiro atoms. The lowest BCUT2D eigenvalue weighted by atomic mass is 9.11. The number of hydrogen-bond acceptors (Lipinski definition) is 2. The smallest absolute Gasteiger partial charge is 0.239 e. The van der Waals surface area contributed by atoms with Crippen LogP contribution < -0.4 is 10.6 Å². The average Bonchev–Trinajstić information content (AvgIpc) is 2.19. The number of nitrogens with one attached hydrogen (secondary N) is 2. The van der Waals surface area contributed by atoms with E-state index in [0.717, 1.165) is 0 Å². The van der Waals surface area contributed by atoms with Crippen LogP contribution >= 0.6 is 0 Å². The first kappa shape index (κ1) is 16.5. The standard InChI is InChI=1S/C7H20B8N2O2/c8-4(3(19)16-1-2(18)17-4)5(9,6(10,11)12)7(13,14)15/h1,8-15H2,(H,16,19)(H,17,18). The Hall–Kier alpha value is -0.541. The molecule has 4 nitrogen and oxygen atoms in total. The minimum absolute atomic E-state index is 0.0682. The zero-order valence-electron chi connectivity index (χ0n) is 13.5. The molecular formula is C7H20B8N2O2. The van der Waals surface area contributed by atoms with Crippen molar-refractivity contribution in [3.05, 3.63) is 0 Å². The van der Waals surface area contributed by atoms with Gasteiger partial charge in [0.2, 0.25) is 11.8 Å². The van der Waals surface area contributed by atoms with Crippen LogP contribution in [0.4, 0.5) is 0 Å². The third kappa shape index (κ3) is 2.31. The van der Waals surface area contributed by atoms with E-state index in [1.54, 1.807) is 0 Å². The lowest BCUT2D eigenvalue weighted by Crippen LogP contribution is -2.75. The van der Waals surface area contributed by atoms with Gasteiger partial charge in [0.15, 0.2) is 0 Å². The van der Waals surface area contributed by atoms with Crippen molar-refractivity contribution in [2.45, 2.75) is 21.0 Å². The van der Waals surface area contributed by atoms with Crippen LogP contribution in [0.3, 0.4) is 0 Å². The van der Waals surface area contributed by atoms with Crippen LogP contribution in [0.5, 0.6) is 0 Å². The van der Waals surface area contributed by atoms with Gasteiger partial charge in [0, 0.05) is 0 Å². The summed E-state index contributed by atoms with van der Waals surface area (Å²) in [5.74, 6) is -0.221. The molecule has 1 unspecified atom stereocenters. The van der Waals surface area contributed by atoms with Gasteiger partial charge >= 0.3 is 0 Å². The molecule has 94 valence electrons. The second-order valence-corrected chi connectivity index (χ2v) is 7.98. The van der Waals surface area contributed by atoms with Crippen molar-refractivity contribution < 1.29 is 9.59 Å². The van der Waals surface area contributed by atoms with Crippen molar-refractivity contribution in [2.24, 2.45) is 0 Å². The van der Waals surface area contributed by atoms with Gasteiger partial charge in [0.05, 0.1) is 59.1 Å². The van der Waals surface area contributed by atoms with Crippen molar-refractivity contribution >= 4 is 74.6 Å². The van der Waals surface area contributed by atoms with Crippen LogP contribution in [0.1, 0.15) is 0 Å². The molecule has 1 saturated heterocycles. The minimum atomic E-state index is -0.918. The molecule has 2 N–H and O–H groups in total. The molecule has 0 saturated carbocycles. The highest BCUT2D eigenvalue weighted by Gasteiger charge is 2.60. The molecule has 1 atom stereocenters. The van der Waals surface area contributed by atoms with Gasteiger partial charge in [-0.15, -0.1) is 10.2 Å². The summed E-state index contributed by atoms with van der Waals surface area (Å²) < 4.78 is 0. The Kier molecular flexibility index (Phi) is 3.90. The second kappa shape index (κ2) is 4.49. The Bertz CT molecular complexity index is 402. The number of rotatable bonds is 3. The van der Waals surface area contributed by atoms with Crippen molar-refractivity contribution in [1.29, 1.82) is 0 Å². The van der Waals surface area contributed by atoms with E-state index < -0.39 is 10.8 Å². The summed E-state index contributed by atoms with van der Waals surface area (Å²) in [7, 11) is 16.7. The molecular weight excluding hydrogens is 231 g/mol. The third-order valence-electron chi connectivity index (χ3n) is 5.25. The van der Waals surface area contributed by atoms with Gasteiger partial charge in [-0.3, -0.25) is 9.59 Å². The predicted molar refractivity (Wildman–Crippen MR) is 100 cm³/mol. The van der Waals surface area contributed by atoms with Crippen LogP contribution in [-0.4, -0.2) is 86.6 Å². The van der Waals surface area contributed by atoms with Gasteiger partial charge in [-0.05, 0) is 0 Å². The lowest BCUT2D eigenvalue weighted by Gasteiger charge is -2.63. The Morgan fingerprint density at radius 2 is 1.37 bits per heavy atom. The Morgan fingerprint density at radius 3 is 1.74 bits per heavy atom. The monoisotopic (exact) mass is 252 g/mol. The maximum Gasteiger partial charge on any atom is 0.239 e. The van der Waals surface area contributed by atoms with Gasteiger partial charge in [-0.25, -0.2) is 0 Å². The first-order chi connectivity index (χ1) is 8.27. The molecule has 1 aliphatic heterocycles. The zero-order valence-corrected chi connectivity index (χ0v) is 13.5. The molecule has 0 aromatic carbocycles. The summed E-state index contributed by atoms with van der Waals surface area (Å²) in [4.78, 5) is 24.3. The third-order valence-corrected chi connectivity index (χ3v) is 5.25. The molecule has 2 amide bonds. The quantitative estimate of drug-likeness (QED) is 0.489. The normalized spacial score (nSPS) is 25.5. The first-order valence-corrected chi connectivity index (χ1v) is 6.87. The summed E-state index contributed by atoms with van der Waals surface area (Å²) >= 11 is 0. The van der Waals surface area contributed by atoms with E-state index in [4.69, 9.17) is 0 Å². The van der Waals surface area contributed by atoms with Crippen LogP contribution in [0.25, 0.3) is 0 Å². The fourth-order valence-electron chi connectivity index (χ4n) is 3.69. The average molecular weight is 251 g/mol. The highest BCUT2D eigenvalue weighted by Crippen LogP contribution is 2.61. The Morgan fingerprint density at radius 1 is 0.947 bits per heavy atom. The number of hydrogen-bond donors (Lipinski definition) is 2. The minimum Gasteiger partial charge on any atom is -0.348 e. The largest absolute Gasteiger partial charge is 0.348 e. The van der Waals surface area contributed by atoms with Gasteiger partial charge in [-0.1, -0.05) is 5.31 Å². The van der Waals surface area contributed by atoms with Crippen LogP contribution in [0.15, 0.2) is 0 Å². The van der Waals surface area contributed by atoms with E-state index in [0.29, 0.717) is 0 Å². The van der Waals surface area contributed by atoms with Crippen LogP contribution in [-0.2, 0) is 9.59 Å². The van der Waals surface area contributed by atoms with Crippen molar-refractivity contribution in [1.82, 2.24) is 10.6 Å². The number of carbonyl (C=O) groups excluding carboxylic acids is 2. The van der Waals surface area contributed by atoms with Gasteiger partial charge in [-0.2, -0.15) is 0 Å². The SMILES string of the molecule is BC(B)(B)C(B)(C(B)(B)B)C1(B)NC(=O)CNC1=O. The highest BCUT2D eigenvalue weighted by atomic mass is 16.2. The molecule has 12 heteroatoms. The first-order valence-electron chi connectivity index (χ1n) is 6.87. The van der Waals surface area contributed by atoms with Gasteiger partial charge in [0.1, 0.15) is 15.7 Å². The lowest BCUT2D eigenvalue weighted by molar-refractivity contribution is -0.136. The van der Waals surface area contributed by atoms with E-state index in [1.807, 2.05) is 7.85 Å². The summed E-state index contributed by atoms with van der Waals surface area (Å²) in [6.45, 7) is 0.0682. The number of piperazine rings is 1. The van der Waals surface area contributed by atoms with Crippen molar-refractivity contribution in [2.75, 3.05) is 6.54 Å². The van der Waals surface area contributed by atoms with Gasteiger partial charge in [0.25, 0.3) is 0 Å². The molecule has 0 aliphatic carbocycles. The van der Waals surface area contributed by atoms with Gasteiger partial charge < -0.3 is 10.6 Å². The molecule has 0 aromatic heterocycles. The van der Waals surface area contributed by atoms with Crippen LogP contribution in [0, 0.1) is 0 Å². The highest BCUT2D eigenvalue weighted by molar-refractivity contribution is 6.71. The zero-order chi connectivity index (χ0) is 15.3. The molecule has 0 aromatic rings. The maximum absolute atomic E-state index is 12.5. The van der Waals surface area contributed by atoms with E-state index in [-0.39, 0.29) is 28.6 Å². The van der Waals surface area contributed by atoms with E-state index in [1.165, 1.54) is 0 Å². The molecule has 1 fully saturated rings. The fourth-order valence-corrected chi connectivity index (χ4v) is 3.69. The summed E-state index contributed by atoms with van der Waals surface area (Å²) in [6, 6.07) is 0. The topological polar surface area (TPSA) is 58.2 Å². The fraction of sp³-hybridized carbons (Fsp3) is 0.714. The number of carbonyl (C=O) groups is 2. The second-order valence-electron chi connectivity index (χ2n) is 7.98. The van der Waals surface area contributed by atoms with Crippen molar-refractivity contribution in [3.63, 3.8) is 0 Å². The maximum atomic E-state index is 12.5. The molecule has 1 rings (SSSR count). The summed E-state index contributed by atoms with van der Waals surface area (Å²) in [5.41, 5.74) is -0.918. The molecule has 1 heterocycles. The summed E-state index contributed by atoms with van der Waals surface area (Å²) in [5, 5.41) is 4.96. The van der Waals surface area contributed by atoms with E-state index >= 15 is 0 Å². The summed E-state index contributed by atoms with van der Waals surface area (Å²) in [6.07, 6.45) is 0. The number of amides is 2. The molecule has 1 aliphatic rings. The van der Waals surface area contributed by atoms with Crippen molar-refractivity contribution in [3.8, 4) is 0 Å². The molecule has 0 bridgehead atoms. The molecule has 19 heavy (non-hydrogen) atoms.